The van der Waals surface area contributed by atoms with Crippen LogP contribution in [-0.2, 0) is 6.54 Å². The summed E-state index contributed by atoms with van der Waals surface area (Å²) in [6, 6.07) is 22.8. The van der Waals surface area contributed by atoms with Crippen LogP contribution in [0.15, 0.2) is 72.8 Å². The zero-order valence-electron chi connectivity index (χ0n) is 16.9. The molecule has 3 aromatic carbocycles. The van der Waals surface area contributed by atoms with Crippen molar-refractivity contribution >= 4 is 11.6 Å². The van der Waals surface area contributed by atoms with E-state index in [-0.39, 0.29) is 17.8 Å². The summed E-state index contributed by atoms with van der Waals surface area (Å²) >= 11 is 6.05. The molecule has 0 aliphatic heterocycles. The van der Waals surface area contributed by atoms with Gasteiger partial charge in [-0.1, -0.05) is 48.0 Å². The van der Waals surface area contributed by atoms with E-state index in [1.807, 2.05) is 62.4 Å². The molecule has 29 heavy (non-hydrogen) atoms. The first-order chi connectivity index (χ1) is 14.0. The van der Waals surface area contributed by atoms with E-state index in [0.717, 1.165) is 35.8 Å². The molecule has 4 heteroatoms. The van der Waals surface area contributed by atoms with Gasteiger partial charge in [0, 0.05) is 17.5 Å². The molecule has 0 amide bonds. The zero-order chi connectivity index (χ0) is 20.6. The van der Waals surface area contributed by atoms with Gasteiger partial charge in [0.2, 0.25) is 0 Å². The number of nitrogens with one attached hydrogen (secondary N) is 1. The Morgan fingerprint density at radius 3 is 2.03 bits per heavy atom. The highest BCUT2D eigenvalue weighted by atomic mass is 35.5. The van der Waals surface area contributed by atoms with Crippen LogP contribution in [0.2, 0.25) is 5.02 Å². The van der Waals surface area contributed by atoms with Crippen LogP contribution in [0.5, 0.6) is 5.75 Å². The molecule has 1 unspecified atom stereocenters. The third kappa shape index (κ3) is 6.59. The van der Waals surface area contributed by atoms with Gasteiger partial charge >= 0.3 is 0 Å². The fourth-order valence-corrected chi connectivity index (χ4v) is 3.48. The number of halogens is 2. The summed E-state index contributed by atoms with van der Waals surface area (Å²) in [7, 11) is 0. The molecule has 3 rings (SSSR count). The number of hydrogen-bond acceptors (Lipinski definition) is 2. The van der Waals surface area contributed by atoms with E-state index < -0.39 is 0 Å². The Hall–Kier alpha value is -2.36. The van der Waals surface area contributed by atoms with E-state index in [0.29, 0.717) is 0 Å². The summed E-state index contributed by atoms with van der Waals surface area (Å²) in [5.74, 6) is 0.858. The second-order valence-electron chi connectivity index (χ2n) is 7.43. The maximum atomic E-state index is 13.4. The van der Waals surface area contributed by atoms with Crippen LogP contribution in [0.1, 0.15) is 42.9 Å². The molecule has 2 nitrogen and oxygen atoms in total. The molecule has 0 bridgehead atoms. The highest BCUT2D eigenvalue weighted by Gasteiger charge is 2.14. The fraction of sp³-hybridized carbons (Fsp3) is 0.280. The molecule has 3 aromatic rings. The van der Waals surface area contributed by atoms with Gasteiger partial charge in [0.05, 0.1) is 6.10 Å². The van der Waals surface area contributed by atoms with E-state index in [9.17, 15) is 4.39 Å². The lowest BCUT2D eigenvalue weighted by molar-refractivity contribution is 0.242. The van der Waals surface area contributed by atoms with Crippen LogP contribution in [0.25, 0.3) is 0 Å². The molecule has 0 fully saturated rings. The molecule has 0 heterocycles. The number of rotatable bonds is 9. The summed E-state index contributed by atoms with van der Waals surface area (Å²) < 4.78 is 19.0. The Balaban J connectivity index is 1.60. The quantitative estimate of drug-likeness (QED) is 0.401. The topological polar surface area (TPSA) is 21.3 Å². The lowest BCUT2D eigenvalue weighted by Crippen LogP contribution is -2.18. The van der Waals surface area contributed by atoms with Crippen molar-refractivity contribution in [3.05, 3.63) is 100 Å². The Kier molecular flexibility index (Phi) is 7.68. The summed E-state index contributed by atoms with van der Waals surface area (Å²) in [4.78, 5) is 0. The summed E-state index contributed by atoms with van der Waals surface area (Å²) in [6.45, 7) is 5.68. The van der Waals surface area contributed by atoms with Crippen molar-refractivity contribution < 1.29 is 9.13 Å². The molecule has 0 saturated carbocycles. The van der Waals surface area contributed by atoms with E-state index in [4.69, 9.17) is 16.3 Å². The van der Waals surface area contributed by atoms with Gasteiger partial charge in [0.1, 0.15) is 11.6 Å². The minimum absolute atomic E-state index is 0.176. The Bertz CT molecular complexity index is 831. The first-order valence-corrected chi connectivity index (χ1v) is 10.4. The Labute approximate surface area is 177 Å². The predicted molar refractivity (Wildman–Crippen MR) is 118 cm³/mol. The Morgan fingerprint density at radius 2 is 1.45 bits per heavy atom. The van der Waals surface area contributed by atoms with E-state index >= 15 is 0 Å². The molecule has 0 radical (unpaired) electrons. The van der Waals surface area contributed by atoms with Crippen molar-refractivity contribution in [2.24, 2.45) is 0 Å². The van der Waals surface area contributed by atoms with Crippen molar-refractivity contribution in [1.82, 2.24) is 5.32 Å². The largest absolute Gasteiger partial charge is 0.491 e. The minimum Gasteiger partial charge on any atom is -0.491 e. The van der Waals surface area contributed by atoms with Crippen LogP contribution in [0, 0.1) is 5.82 Å². The molecule has 0 spiro atoms. The van der Waals surface area contributed by atoms with Crippen LogP contribution in [-0.4, -0.2) is 12.6 Å². The van der Waals surface area contributed by atoms with E-state index in [1.165, 1.54) is 23.3 Å². The average Bonchev–Trinajstić information content (AvgIpc) is 2.71. The zero-order valence-corrected chi connectivity index (χ0v) is 17.6. The summed E-state index contributed by atoms with van der Waals surface area (Å²) in [6.07, 6.45) is 1.08. The molecular weight excluding hydrogens is 385 g/mol. The molecule has 0 aliphatic rings. The number of ether oxygens (including phenoxy) is 1. The number of benzene rings is 3. The molecule has 152 valence electrons. The van der Waals surface area contributed by atoms with Crippen molar-refractivity contribution in [2.45, 2.75) is 38.8 Å². The highest BCUT2D eigenvalue weighted by Crippen LogP contribution is 2.29. The third-order valence-corrected chi connectivity index (χ3v) is 5.03. The maximum absolute atomic E-state index is 13.4. The van der Waals surface area contributed by atoms with Gasteiger partial charge in [0.25, 0.3) is 0 Å². The fourth-order valence-electron chi connectivity index (χ4n) is 3.35. The van der Waals surface area contributed by atoms with Gasteiger partial charge in [-0.2, -0.15) is 0 Å². The van der Waals surface area contributed by atoms with Crippen LogP contribution in [0.4, 0.5) is 4.39 Å². The molecule has 0 aromatic heterocycles. The average molecular weight is 412 g/mol. The van der Waals surface area contributed by atoms with Crippen molar-refractivity contribution in [3.8, 4) is 5.75 Å². The van der Waals surface area contributed by atoms with Crippen LogP contribution in [0.3, 0.4) is 0 Å². The first kappa shape index (κ1) is 21.4. The maximum Gasteiger partial charge on any atom is 0.123 e. The standard InChI is InChI=1S/C25H27ClFNO/c1-18(2)29-24-13-3-19(4-14-24)17-28-16-15-25(20-5-9-22(26)10-6-20)21-7-11-23(27)12-8-21/h3-14,18,25,28H,15-17H2,1-2H3. The monoisotopic (exact) mass is 411 g/mol. The molecule has 1 atom stereocenters. The molecule has 1 N–H and O–H groups in total. The normalized spacial score (nSPS) is 12.2. The lowest BCUT2D eigenvalue weighted by atomic mass is 9.88. The lowest BCUT2D eigenvalue weighted by Gasteiger charge is -2.19. The van der Waals surface area contributed by atoms with Crippen LogP contribution < -0.4 is 10.1 Å². The van der Waals surface area contributed by atoms with E-state index in [1.54, 1.807) is 0 Å². The molecular formula is C25H27ClFNO. The minimum atomic E-state index is -0.216. The predicted octanol–water partition coefficient (Wildman–Crippen LogP) is 6.58. The molecule has 0 aliphatic carbocycles. The smallest absolute Gasteiger partial charge is 0.123 e. The highest BCUT2D eigenvalue weighted by molar-refractivity contribution is 6.30. The summed E-state index contributed by atoms with van der Waals surface area (Å²) in [5.41, 5.74) is 3.50. The van der Waals surface area contributed by atoms with E-state index in [2.05, 4.69) is 17.4 Å². The Morgan fingerprint density at radius 1 is 0.862 bits per heavy atom. The molecule has 0 saturated heterocycles. The summed E-state index contributed by atoms with van der Waals surface area (Å²) in [5, 5.41) is 4.23. The SMILES string of the molecule is CC(C)Oc1ccc(CNCCC(c2ccc(F)cc2)c2ccc(Cl)cc2)cc1. The first-order valence-electron chi connectivity index (χ1n) is 9.98. The van der Waals surface area contributed by atoms with Crippen molar-refractivity contribution in [1.29, 1.82) is 0 Å². The number of hydrogen-bond donors (Lipinski definition) is 1. The van der Waals surface area contributed by atoms with Gasteiger partial charge in [-0.15, -0.1) is 0 Å². The van der Waals surface area contributed by atoms with Gasteiger partial charge in [-0.3, -0.25) is 0 Å². The van der Waals surface area contributed by atoms with Gasteiger partial charge in [0.15, 0.2) is 0 Å². The van der Waals surface area contributed by atoms with Crippen LogP contribution >= 0.6 is 11.6 Å². The second-order valence-corrected chi connectivity index (χ2v) is 7.87. The third-order valence-electron chi connectivity index (χ3n) is 4.78. The van der Waals surface area contributed by atoms with Gasteiger partial charge in [-0.05, 0) is 79.9 Å². The second kappa shape index (κ2) is 10.4. The van der Waals surface area contributed by atoms with Gasteiger partial charge in [-0.25, -0.2) is 4.39 Å². The van der Waals surface area contributed by atoms with Crippen molar-refractivity contribution in [3.63, 3.8) is 0 Å². The van der Waals surface area contributed by atoms with Crippen molar-refractivity contribution in [2.75, 3.05) is 6.54 Å². The van der Waals surface area contributed by atoms with Gasteiger partial charge < -0.3 is 10.1 Å².